The van der Waals surface area contributed by atoms with E-state index in [-0.39, 0.29) is 36.2 Å². The minimum atomic E-state index is -3.86. The molecule has 19 heteroatoms. The first-order valence-electron chi connectivity index (χ1n) is 24.6. The van der Waals surface area contributed by atoms with Gasteiger partial charge in [-0.05, 0) is 111 Å². The minimum absolute atomic E-state index is 0. The van der Waals surface area contributed by atoms with Crippen LogP contribution in [0.25, 0.3) is 44.3 Å². The maximum atomic E-state index is 13.6. The second kappa shape index (κ2) is 22.5. The lowest BCUT2D eigenvalue weighted by atomic mass is 10.0. The van der Waals surface area contributed by atoms with E-state index in [1.165, 1.54) is 10.2 Å². The number of rotatable bonds is 10. The summed E-state index contributed by atoms with van der Waals surface area (Å²) in [5.41, 5.74) is 20.3. The van der Waals surface area contributed by atoms with Crippen molar-refractivity contribution in [3.63, 3.8) is 0 Å². The SMILES string of the molecule is C.Cc1cc(N)ccc1C(=O)N1CCC(Nc2ncc(Cl)c(-c3c[nH]c4ccccc34)n2)CC1.Cc1cc(N)ccc1C(=O)N1CCC(Nc2ncc(Cl)c(-c3cn(S(=O)(=O)c4ccccc4)c4ccccc34)n2)CC1. The molecule has 5 aromatic carbocycles. The Morgan fingerprint density at radius 3 is 1.63 bits per heavy atom. The van der Waals surface area contributed by atoms with Crippen molar-refractivity contribution >= 4 is 90.1 Å². The van der Waals surface area contributed by atoms with Gasteiger partial charge in [0.1, 0.15) is 0 Å². The Labute approximate surface area is 451 Å². The van der Waals surface area contributed by atoms with Crippen LogP contribution in [0.1, 0.15) is 65.0 Å². The largest absolute Gasteiger partial charge is 0.399 e. The number of H-pyrrole nitrogens is 1. The number of nitrogen functional groups attached to an aromatic ring is 2. The predicted molar refractivity (Wildman–Crippen MR) is 304 cm³/mol. The number of nitrogens with two attached hydrogens (primary N) is 2. The van der Waals surface area contributed by atoms with Crippen LogP contribution in [-0.2, 0) is 10.0 Å². The number of nitrogens with zero attached hydrogens (tertiary/aromatic N) is 7. The highest BCUT2D eigenvalue weighted by Gasteiger charge is 2.28. The maximum Gasteiger partial charge on any atom is 0.268 e. The molecule has 0 radical (unpaired) electrons. The zero-order valence-electron chi connectivity index (χ0n) is 41.2. The highest BCUT2D eigenvalue weighted by atomic mass is 35.5. The minimum Gasteiger partial charge on any atom is -0.399 e. The standard InChI is InChI=1S/C31H29ClN6O3S.C25H25ClN6O.CH4/c1-20-17-21(33)11-12-24(20)30(39)37-15-13-22(14-16-37)35-31-34-18-27(32)29(36-31)26-19-38(28-10-6-5-9-25(26)28)42(40,41)23-7-3-2-4-8-23;1-15-12-16(27)6-7-18(15)24(33)32-10-8-17(9-11-32)30-25-29-14-21(26)23(31-25)20-13-28-22-5-3-2-4-19(20)22;/h2-12,17-19,22H,13-16,33H2,1H3,(H,34,35,36);2-7,12-14,17,28H,8-11,27H2,1H3,(H,29,30,31);1H4. The molecule has 7 N–H and O–H groups in total. The van der Waals surface area contributed by atoms with Gasteiger partial charge in [-0.15, -0.1) is 0 Å². The summed E-state index contributed by atoms with van der Waals surface area (Å²) in [6.45, 7) is 6.33. The van der Waals surface area contributed by atoms with Crippen LogP contribution in [0.5, 0.6) is 0 Å². The molecule has 0 spiro atoms. The number of para-hydroxylation sites is 2. The van der Waals surface area contributed by atoms with Gasteiger partial charge in [-0.1, -0.05) is 85.2 Å². The van der Waals surface area contributed by atoms with Gasteiger partial charge in [0.05, 0.1) is 44.2 Å². The van der Waals surface area contributed by atoms with E-state index in [2.05, 4.69) is 25.6 Å². The van der Waals surface area contributed by atoms with Gasteiger partial charge < -0.3 is 36.9 Å². The summed E-state index contributed by atoms with van der Waals surface area (Å²) in [5.74, 6) is 0.975. The van der Waals surface area contributed by atoms with E-state index < -0.39 is 10.0 Å². The molecule has 0 unspecified atom stereocenters. The second-order valence-electron chi connectivity index (χ2n) is 18.8. The van der Waals surface area contributed by atoms with Crippen LogP contribution < -0.4 is 22.1 Å². The summed E-state index contributed by atoms with van der Waals surface area (Å²) in [4.78, 5) is 51.4. The van der Waals surface area contributed by atoms with Crippen molar-refractivity contribution in [2.45, 2.75) is 63.9 Å². The lowest BCUT2D eigenvalue weighted by Gasteiger charge is -2.32. The number of likely N-dealkylation sites (tertiary alicyclic amines) is 2. The summed E-state index contributed by atoms with van der Waals surface area (Å²) in [6.07, 6.45) is 9.71. The molecule has 2 aliphatic heterocycles. The molecule has 11 rings (SSSR count). The Morgan fingerprint density at radius 2 is 1.11 bits per heavy atom. The van der Waals surface area contributed by atoms with Crippen LogP contribution >= 0.6 is 23.2 Å². The van der Waals surface area contributed by atoms with Crippen LogP contribution in [0.2, 0.25) is 10.0 Å². The van der Waals surface area contributed by atoms with Crippen LogP contribution in [-0.4, -0.2) is 97.2 Å². The van der Waals surface area contributed by atoms with Crippen LogP contribution in [0, 0.1) is 13.8 Å². The average molecular weight is 1080 g/mol. The first-order chi connectivity index (χ1) is 36.2. The maximum absolute atomic E-state index is 13.6. The quantitative estimate of drug-likeness (QED) is 0.0807. The van der Waals surface area contributed by atoms with Gasteiger partial charge in [0.25, 0.3) is 21.8 Å². The smallest absolute Gasteiger partial charge is 0.268 e. The number of piperidine rings is 2. The van der Waals surface area contributed by atoms with E-state index in [4.69, 9.17) is 44.6 Å². The third-order valence-corrected chi connectivity index (χ3v) is 16.0. The number of fused-ring (bicyclic) bond motifs is 2. The molecule has 2 saturated heterocycles. The van der Waals surface area contributed by atoms with Gasteiger partial charge in [-0.3, -0.25) is 9.59 Å². The van der Waals surface area contributed by atoms with Crippen molar-refractivity contribution in [2.24, 2.45) is 0 Å². The third kappa shape index (κ3) is 11.0. The van der Waals surface area contributed by atoms with Gasteiger partial charge in [-0.25, -0.2) is 32.3 Å². The lowest BCUT2D eigenvalue weighted by molar-refractivity contribution is 0.0710. The van der Waals surface area contributed by atoms with Gasteiger partial charge >= 0.3 is 0 Å². The Bertz CT molecular complexity index is 3700. The van der Waals surface area contributed by atoms with Crippen LogP contribution in [0.4, 0.5) is 23.3 Å². The Kier molecular flexibility index (Phi) is 15.6. The third-order valence-electron chi connectivity index (χ3n) is 13.8. The van der Waals surface area contributed by atoms with E-state index >= 15 is 0 Å². The lowest BCUT2D eigenvalue weighted by Crippen LogP contribution is -2.42. The van der Waals surface area contributed by atoms with E-state index in [1.807, 2.05) is 84.4 Å². The average Bonchev–Trinajstić information content (AvgIpc) is 4.06. The molecule has 6 heterocycles. The highest BCUT2D eigenvalue weighted by molar-refractivity contribution is 7.90. The molecule has 0 atom stereocenters. The number of benzene rings is 5. The molecule has 390 valence electrons. The molecule has 0 saturated carbocycles. The van der Waals surface area contributed by atoms with Gasteiger partial charge in [0, 0.05) is 101 Å². The fourth-order valence-electron chi connectivity index (χ4n) is 9.78. The fourth-order valence-corrected chi connectivity index (χ4v) is 11.6. The fraction of sp³-hybridized carbons (Fsp3) is 0.228. The highest BCUT2D eigenvalue weighted by Crippen LogP contribution is 2.37. The molecule has 2 aliphatic rings. The molecule has 2 amide bonds. The summed E-state index contributed by atoms with van der Waals surface area (Å²) in [6, 6.07) is 34.6. The summed E-state index contributed by atoms with van der Waals surface area (Å²) < 4.78 is 28.4. The molecule has 4 aromatic heterocycles. The second-order valence-corrected chi connectivity index (χ2v) is 21.4. The number of aryl methyl sites for hydroxylation is 2. The molecule has 0 aliphatic carbocycles. The van der Waals surface area contributed by atoms with Crippen LogP contribution in [0.3, 0.4) is 0 Å². The number of carbonyl (C=O) groups excluding carboxylic acids is 2. The van der Waals surface area contributed by atoms with Crippen molar-refractivity contribution in [2.75, 3.05) is 48.3 Å². The van der Waals surface area contributed by atoms with Crippen molar-refractivity contribution in [1.82, 2.24) is 38.7 Å². The number of aromatic amines is 1. The number of hydrogen-bond donors (Lipinski definition) is 5. The molecule has 9 aromatic rings. The topological polar surface area (TPSA) is 223 Å². The molecular formula is C57H58Cl2N12O4S. The molecule has 0 bridgehead atoms. The number of halogens is 2. The number of aromatic nitrogens is 6. The first-order valence-corrected chi connectivity index (χ1v) is 26.8. The zero-order valence-corrected chi connectivity index (χ0v) is 43.5. The van der Waals surface area contributed by atoms with Crippen molar-refractivity contribution in [3.05, 3.63) is 172 Å². The molecule has 2 fully saturated rings. The number of anilines is 4. The van der Waals surface area contributed by atoms with E-state index in [0.29, 0.717) is 98.5 Å². The Hall–Kier alpha value is -7.99. The van der Waals surface area contributed by atoms with Gasteiger partial charge in [0.2, 0.25) is 11.9 Å². The van der Waals surface area contributed by atoms with Crippen molar-refractivity contribution < 1.29 is 18.0 Å². The van der Waals surface area contributed by atoms with Gasteiger partial charge in [0.15, 0.2) is 0 Å². The Balaban J connectivity index is 0.000000188. The predicted octanol–water partition coefficient (Wildman–Crippen LogP) is 11.1. The van der Waals surface area contributed by atoms with E-state index in [1.54, 1.807) is 73.1 Å². The number of hydrogen-bond acceptors (Lipinski definition) is 12. The van der Waals surface area contributed by atoms with Crippen molar-refractivity contribution in [1.29, 1.82) is 0 Å². The first kappa shape index (κ1) is 52.9. The summed E-state index contributed by atoms with van der Waals surface area (Å²) in [5, 5.41) is 9.39. The number of carbonyl (C=O) groups is 2. The zero-order chi connectivity index (χ0) is 52.4. The van der Waals surface area contributed by atoms with E-state index in [9.17, 15) is 18.0 Å². The molecular weight excluding hydrogens is 1020 g/mol. The van der Waals surface area contributed by atoms with E-state index in [0.717, 1.165) is 53.3 Å². The van der Waals surface area contributed by atoms with Crippen molar-refractivity contribution in [3.8, 4) is 22.5 Å². The number of nitrogens with one attached hydrogen (secondary N) is 3. The Morgan fingerprint density at radius 1 is 0.632 bits per heavy atom. The van der Waals surface area contributed by atoms with Gasteiger partial charge in [-0.2, -0.15) is 0 Å². The normalized spacial score (nSPS) is 14.2. The molecule has 76 heavy (non-hydrogen) atoms. The molecule has 16 nitrogen and oxygen atoms in total. The van der Waals surface area contributed by atoms with Crippen LogP contribution in [0.15, 0.2) is 145 Å². The monoisotopic (exact) mass is 1080 g/mol. The summed E-state index contributed by atoms with van der Waals surface area (Å²) in [7, 11) is -3.86. The summed E-state index contributed by atoms with van der Waals surface area (Å²) >= 11 is 13.0. The number of amides is 2.